The number of nitrogens with zero attached hydrogens (tertiary/aromatic N) is 1. The summed E-state index contributed by atoms with van der Waals surface area (Å²) < 4.78 is 24.8. The Morgan fingerprint density at radius 1 is 1.27 bits per heavy atom. The van der Waals surface area contributed by atoms with Gasteiger partial charge in [0.15, 0.2) is 0 Å². The monoisotopic (exact) mass is 327 g/mol. The molecule has 1 aliphatic carbocycles. The Bertz CT molecular complexity index is 502. The molecule has 1 aromatic rings. The summed E-state index contributed by atoms with van der Waals surface area (Å²) in [4.78, 5) is 2.38. The molecule has 0 aromatic heterocycles. The molecular weight excluding hydrogens is 305 g/mol. The average molecular weight is 328 g/mol. The first-order valence-electron chi connectivity index (χ1n) is 8.13. The van der Waals surface area contributed by atoms with Crippen LogP contribution in [0.25, 0.3) is 0 Å². The number of hydrogen-bond donors (Lipinski definition) is 0. The summed E-state index contributed by atoms with van der Waals surface area (Å²) in [6, 6.07) is 2.91. The first kappa shape index (κ1) is 16.0. The Labute approximate surface area is 136 Å². The topological polar surface area (TPSA) is 21.7 Å². The number of halogens is 2. The van der Waals surface area contributed by atoms with Gasteiger partial charge in [-0.15, -0.1) is 0 Å². The van der Waals surface area contributed by atoms with E-state index in [1.54, 1.807) is 6.07 Å². The lowest BCUT2D eigenvalue weighted by Gasteiger charge is -2.26. The Hall–Kier alpha value is -0.840. The minimum absolute atomic E-state index is 0.287. The fourth-order valence-corrected chi connectivity index (χ4v) is 3.04. The van der Waals surface area contributed by atoms with Gasteiger partial charge < -0.3 is 9.47 Å². The van der Waals surface area contributed by atoms with E-state index >= 15 is 0 Å². The lowest BCUT2D eigenvalue weighted by atomic mass is 10.1. The first-order chi connectivity index (χ1) is 10.7. The zero-order valence-electron chi connectivity index (χ0n) is 12.8. The van der Waals surface area contributed by atoms with Crippen molar-refractivity contribution in [1.29, 1.82) is 0 Å². The van der Waals surface area contributed by atoms with Crippen molar-refractivity contribution in [1.82, 2.24) is 4.90 Å². The third-order valence-electron chi connectivity index (χ3n) is 4.27. The van der Waals surface area contributed by atoms with E-state index in [1.165, 1.54) is 18.9 Å². The second kappa shape index (κ2) is 7.62. The number of hydrogen-bond acceptors (Lipinski definition) is 3. The molecule has 2 aliphatic rings. The zero-order chi connectivity index (χ0) is 15.4. The number of ether oxygens (including phenoxy) is 2. The fraction of sp³-hybridized carbons (Fsp3) is 0.647. The smallest absolute Gasteiger partial charge is 0.141 e. The van der Waals surface area contributed by atoms with E-state index in [1.807, 2.05) is 0 Å². The van der Waals surface area contributed by atoms with E-state index in [0.717, 1.165) is 51.3 Å². The maximum Gasteiger partial charge on any atom is 0.141 e. The lowest BCUT2D eigenvalue weighted by Crippen LogP contribution is -2.36. The van der Waals surface area contributed by atoms with E-state index in [-0.39, 0.29) is 5.82 Å². The molecule has 0 spiro atoms. The van der Waals surface area contributed by atoms with Crippen molar-refractivity contribution in [3.05, 3.63) is 28.5 Å². The first-order valence-corrected chi connectivity index (χ1v) is 8.51. The highest BCUT2D eigenvalue weighted by atomic mass is 35.5. The summed E-state index contributed by atoms with van der Waals surface area (Å²) in [6.07, 6.45) is 4.21. The van der Waals surface area contributed by atoms with Gasteiger partial charge in [0.1, 0.15) is 11.6 Å². The molecule has 1 aliphatic heterocycles. The van der Waals surface area contributed by atoms with E-state index in [4.69, 9.17) is 21.1 Å². The fourth-order valence-electron chi connectivity index (χ4n) is 2.76. The molecule has 0 bridgehead atoms. The zero-order valence-corrected chi connectivity index (χ0v) is 13.6. The van der Waals surface area contributed by atoms with Gasteiger partial charge in [-0.1, -0.05) is 11.6 Å². The van der Waals surface area contributed by atoms with Gasteiger partial charge in [0.05, 0.1) is 24.8 Å². The van der Waals surface area contributed by atoms with E-state index in [2.05, 4.69) is 4.90 Å². The van der Waals surface area contributed by atoms with E-state index in [0.29, 0.717) is 23.3 Å². The summed E-state index contributed by atoms with van der Waals surface area (Å²) in [5, 5.41) is 0.391. The largest absolute Gasteiger partial charge is 0.491 e. The van der Waals surface area contributed by atoms with Crippen LogP contribution in [0.4, 0.5) is 4.39 Å². The minimum atomic E-state index is -0.287. The summed E-state index contributed by atoms with van der Waals surface area (Å²) in [6.45, 7) is 5.27. The highest BCUT2D eigenvalue weighted by Crippen LogP contribution is 2.34. The third kappa shape index (κ3) is 4.58. The molecule has 3 rings (SSSR count). The number of morpholine rings is 1. The molecule has 1 heterocycles. The molecule has 0 N–H and O–H groups in total. The Morgan fingerprint density at radius 3 is 2.77 bits per heavy atom. The molecule has 1 aromatic carbocycles. The van der Waals surface area contributed by atoms with Crippen LogP contribution in [0.3, 0.4) is 0 Å². The maximum absolute atomic E-state index is 13.6. The SMILES string of the molecule is Fc1cc(Cl)c(OCC2CC2)c(CCCN2CCOCC2)c1. The predicted octanol–water partition coefficient (Wildman–Crippen LogP) is 3.53. The summed E-state index contributed by atoms with van der Waals surface area (Å²) in [5.41, 5.74) is 0.888. The molecule has 2 fully saturated rings. The number of benzene rings is 1. The minimum Gasteiger partial charge on any atom is -0.491 e. The second-order valence-corrected chi connectivity index (χ2v) is 6.60. The molecule has 122 valence electrons. The molecule has 0 atom stereocenters. The average Bonchev–Trinajstić information content (AvgIpc) is 3.31. The van der Waals surface area contributed by atoms with Crippen molar-refractivity contribution in [2.24, 2.45) is 5.92 Å². The van der Waals surface area contributed by atoms with Crippen LogP contribution in [0, 0.1) is 11.7 Å². The van der Waals surface area contributed by atoms with Crippen LogP contribution in [0.5, 0.6) is 5.75 Å². The van der Waals surface area contributed by atoms with Crippen LogP contribution in [-0.4, -0.2) is 44.4 Å². The molecule has 0 unspecified atom stereocenters. The number of rotatable bonds is 7. The van der Waals surface area contributed by atoms with Crippen LogP contribution in [-0.2, 0) is 11.2 Å². The van der Waals surface area contributed by atoms with Gasteiger partial charge in [-0.2, -0.15) is 0 Å². The highest BCUT2D eigenvalue weighted by molar-refractivity contribution is 6.32. The van der Waals surface area contributed by atoms with Crippen LogP contribution in [0.15, 0.2) is 12.1 Å². The van der Waals surface area contributed by atoms with Gasteiger partial charge in [-0.25, -0.2) is 4.39 Å². The Morgan fingerprint density at radius 2 is 2.05 bits per heavy atom. The van der Waals surface area contributed by atoms with Gasteiger partial charge in [-0.3, -0.25) is 4.90 Å². The van der Waals surface area contributed by atoms with E-state index in [9.17, 15) is 4.39 Å². The van der Waals surface area contributed by atoms with Gasteiger partial charge >= 0.3 is 0 Å². The van der Waals surface area contributed by atoms with Crippen molar-refractivity contribution >= 4 is 11.6 Å². The van der Waals surface area contributed by atoms with Crippen molar-refractivity contribution in [2.45, 2.75) is 25.7 Å². The molecular formula is C17H23ClFNO2. The standard InChI is InChI=1S/C17H23ClFNO2/c18-16-11-15(19)10-14(17(16)22-12-13-3-4-13)2-1-5-20-6-8-21-9-7-20/h10-11,13H,1-9,12H2. The quantitative estimate of drug-likeness (QED) is 0.764. The second-order valence-electron chi connectivity index (χ2n) is 6.19. The van der Waals surface area contributed by atoms with Crippen molar-refractivity contribution < 1.29 is 13.9 Å². The maximum atomic E-state index is 13.6. The third-order valence-corrected chi connectivity index (χ3v) is 4.55. The van der Waals surface area contributed by atoms with Crippen molar-refractivity contribution in [3.63, 3.8) is 0 Å². The molecule has 0 amide bonds. The lowest BCUT2D eigenvalue weighted by molar-refractivity contribution is 0.0374. The van der Waals surface area contributed by atoms with Gasteiger partial charge in [-0.05, 0) is 55.8 Å². The van der Waals surface area contributed by atoms with Gasteiger partial charge in [0.25, 0.3) is 0 Å². The van der Waals surface area contributed by atoms with Crippen LogP contribution in [0.1, 0.15) is 24.8 Å². The number of aryl methyl sites for hydroxylation is 1. The highest BCUT2D eigenvalue weighted by Gasteiger charge is 2.23. The summed E-state index contributed by atoms with van der Waals surface area (Å²) in [7, 11) is 0. The Kier molecular flexibility index (Phi) is 5.55. The van der Waals surface area contributed by atoms with E-state index < -0.39 is 0 Å². The van der Waals surface area contributed by atoms with Crippen LogP contribution < -0.4 is 4.74 Å². The van der Waals surface area contributed by atoms with Crippen LogP contribution >= 0.6 is 11.6 Å². The van der Waals surface area contributed by atoms with Crippen LogP contribution in [0.2, 0.25) is 5.02 Å². The predicted molar refractivity (Wildman–Crippen MR) is 85.2 cm³/mol. The molecule has 0 radical (unpaired) electrons. The molecule has 3 nitrogen and oxygen atoms in total. The van der Waals surface area contributed by atoms with Crippen molar-refractivity contribution in [3.8, 4) is 5.75 Å². The molecule has 22 heavy (non-hydrogen) atoms. The molecule has 5 heteroatoms. The molecule has 1 saturated carbocycles. The normalized spacial score (nSPS) is 19.4. The van der Waals surface area contributed by atoms with Gasteiger partial charge in [0.2, 0.25) is 0 Å². The summed E-state index contributed by atoms with van der Waals surface area (Å²) >= 11 is 6.17. The molecule has 1 saturated heterocycles. The Balaban J connectivity index is 1.57. The summed E-state index contributed by atoms with van der Waals surface area (Å²) in [5.74, 6) is 1.05. The van der Waals surface area contributed by atoms with Crippen molar-refractivity contribution in [2.75, 3.05) is 39.5 Å². The van der Waals surface area contributed by atoms with Gasteiger partial charge in [0, 0.05) is 13.1 Å².